The fourth-order valence-corrected chi connectivity index (χ4v) is 8.91. The third-order valence-electron chi connectivity index (χ3n) is 13.4. The molecule has 19 heteroatoms. The minimum absolute atomic E-state index is 0.224. The third kappa shape index (κ3) is 22.4. The summed E-state index contributed by atoms with van der Waals surface area (Å²) in [6, 6.07) is -0.990. The molecular weight excluding hydrogens is 927 g/mol. The third-order valence-corrected chi connectivity index (χ3v) is 13.4. The Balaban J connectivity index is 1.56. The maximum absolute atomic E-state index is 13.2. The summed E-state index contributed by atoms with van der Waals surface area (Å²) in [6.45, 7) is 1.59. The molecule has 3 rings (SSSR count). The second-order valence-electron chi connectivity index (χ2n) is 19.3. The highest BCUT2D eigenvalue weighted by Crippen LogP contribution is 2.33. The summed E-state index contributed by atoms with van der Waals surface area (Å²) in [7, 11) is 0. The Morgan fingerprint density at radius 1 is 0.493 bits per heavy atom. The number of rotatable bonds is 37. The second-order valence-corrected chi connectivity index (χ2v) is 19.3. The molecule has 0 radical (unpaired) electrons. The zero-order valence-corrected chi connectivity index (χ0v) is 42.4. The number of carbonyl (C=O) groups excluding carboxylic acids is 1. The normalized spacial score (nSPS) is 32.5. The molecule has 1 amide bonds. The number of aliphatic hydroxyl groups excluding tert-OH is 11. The first kappa shape index (κ1) is 63.3. The number of allylic oxidation sites excluding steroid dienone is 5. The van der Waals surface area contributed by atoms with Crippen LogP contribution >= 0.6 is 0 Å². The van der Waals surface area contributed by atoms with Crippen LogP contribution in [0.1, 0.15) is 155 Å². The van der Waals surface area contributed by atoms with E-state index in [-0.39, 0.29) is 18.9 Å². The van der Waals surface area contributed by atoms with Crippen LogP contribution in [-0.2, 0) is 33.2 Å². The molecule has 3 aliphatic rings. The lowest BCUT2D eigenvalue weighted by Gasteiger charge is -2.48. The summed E-state index contributed by atoms with van der Waals surface area (Å²) in [4.78, 5) is 13.2. The Morgan fingerprint density at radius 2 is 0.930 bits per heavy atom. The molecule has 0 aromatic heterocycles. The average Bonchev–Trinajstić information content (AvgIpc) is 3.36. The van der Waals surface area contributed by atoms with Crippen molar-refractivity contribution in [3.05, 3.63) is 36.5 Å². The van der Waals surface area contributed by atoms with Gasteiger partial charge in [0.2, 0.25) is 5.91 Å². The van der Waals surface area contributed by atoms with E-state index in [0.29, 0.717) is 12.8 Å². The van der Waals surface area contributed by atoms with Crippen LogP contribution in [0.2, 0.25) is 0 Å². The lowest BCUT2D eigenvalue weighted by molar-refractivity contribution is -0.379. The van der Waals surface area contributed by atoms with Gasteiger partial charge in [-0.05, 0) is 51.4 Å². The highest BCUT2D eigenvalue weighted by atomic mass is 16.8. The Morgan fingerprint density at radius 3 is 1.46 bits per heavy atom. The van der Waals surface area contributed by atoms with E-state index in [0.717, 1.165) is 64.2 Å². The molecule has 414 valence electrons. The van der Waals surface area contributed by atoms with Gasteiger partial charge in [0.05, 0.1) is 38.6 Å². The zero-order chi connectivity index (χ0) is 52.0. The lowest BCUT2D eigenvalue weighted by Crippen LogP contribution is -2.66. The monoisotopic (exact) mass is 1020 g/mol. The fraction of sp³-hybridized carbons (Fsp3) is 0.865. The number of hydrogen-bond donors (Lipinski definition) is 12. The van der Waals surface area contributed by atoms with Gasteiger partial charge >= 0.3 is 0 Å². The molecule has 3 saturated heterocycles. The van der Waals surface area contributed by atoms with Crippen LogP contribution in [0.3, 0.4) is 0 Å². The van der Waals surface area contributed by atoms with E-state index in [1.54, 1.807) is 6.08 Å². The van der Waals surface area contributed by atoms with E-state index in [1.807, 2.05) is 6.08 Å². The summed E-state index contributed by atoms with van der Waals surface area (Å²) >= 11 is 0. The van der Waals surface area contributed by atoms with Crippen molar-refractivity contribution in [1.82, 2.24) is 5.32 Å². The minimum atomic E-state index is -1.98. The Hall–Kier alpha value is -1.99. The first-order chi connectivity index (χ1) is 34.3. The van der Waals surface area contributed by atoms with E-state index in [4.69, 9.17) is 28.4 Å². The van der Waals surface area contributed by atoms with E-state index >= 15 is 0 Å². The van der Waals surface area contributed by atoms with Crippen LogP contribution in [0.25, 0.3) is 0 Å². The first-order valence-electron chi connectivity index (χ1n) is 26.7. The summed E-state index contributed by atoms with van der Waals surface area (Å²) in [5, 5.41) is 120. The Kier molecular flexibility index (Phi) is 32.9. The molecule has 0 bridgehead atoms. The average molecular weight is 1020 g/mol. The van der Waals surface area contributed by atoms with E-state index in [2.05, 4.69) is 43.5 Å². The summed E-state index contributed by atoms with van der Waals surface area (Å²) in [5.41, 5.74) is 0. The molecule has 17 unspecified atom stereocenters. The minimum Gasteiger partial charge on any atom is -0.394 e. The van der Waals surface area contributed by atoms with Gasteiger partial charge in [0.25, 0.3) is 0 Å². The molecule has 3 fully saturated rings. The molecule has 71 heavy (non-hydrogen) atoms. The molecule has 0 saturated carbocycles. The molecule has 0 aromatic carbocycles. The van der Waals surface area contributed by atoms with E-state index in [9.17, 15) is 61.0 Å². The van der Waals surface area contributed by atoms with Crippen molar-refractivity contribution in [3.8, 4) is 0 Å². The number of unbranched alkanes of at least 4 members (excludes halogenated alkanes) is 17. The maximum Gasteiger partial charge on any atom is 0.220 e. The quantitative estimate of drug-likeness (QED) is 0.0314. The molecule has 19 nitrogen and oxygen atoms in total. The van der Waals surface area contributed by atoms with Gasteiger partial charge < -0.3 is 89.9 Å². The molecule has 17 atom stereocenters. The molecule has 3 aliphatic heterocycles. The highest BCUT2D eigenvalue weighted by molar-refractivity contribution is 5.76. The molecule has 0 spiro atoms. The van der Waals surface area contributed by atoms with E-state index < -0.39 is 124 Å². The number of amides is 1. The second kappa shape index (κ2) is 36.9. The topological polar surface area (TPSA) is 307 Å². The van der Waals surface area contributed by atoms with Crippen molar-refractivity contribution in [1.29, 1.82) is 0 Å². The van der Waals surface area contributed by atoms with Crippen molar-refractivity contribution in [2.45, 2.75) is 259 Å². The predicted molar refractivity (Wildman–Crippen MR) is 263 cm³/mol. The number of nitrogens with one attached hydrogen (secondary N) is 1. The van der Waals surface area contributed by atoms with Crippen LogP contribution in [-0.4, -0.2) is 193 Å². The van der Waals surface area contributed by atoms with Crippen molar-refractivity contribution in [2.75, 3.05) is 26.4 Å². The van der Waals surface area contributed by atoms with Gasteiger partial charge in [-0.15, -0.1) is 0 Å². The van der Waals surface area contributed by atoms with Gasteiger partial charge in [0.1, 0.15) is 73.2 Å². The van der Waals surface area contributed by atoms with Gasteiger partial charge in [0, 0.05) is 6.42 Å². The summed E-state index contributed by atoms with van der Waals surface area (Å²) < 4.78 is 34.1. The van der Waals surface area contributed by atoms with Crippen LogP contribution in [0.15, 0.2) is 36.5 Å². The van der Waals surface area contributed by atoms with E-state index in [1.165, 1.54) is 57.8 Å². The van der Waals surface area contributed by atoms with Crippen LogP contribution < -0.4 is 5.32 Å². The summed E-state index contributed by atoms with van der Waals surface area (Å²) in [5.74, 6) is -0.300. The molecule has 3 heterocycles. The SMILES string of the molecule is CCC/C=C\CCCCCCCC(=O)NC(COC1OC(CO)C(OC2OC(CO)C(OC3OC(CO)C(O)C(O)C3O)C(O)C2O)C(O)C1O)C(O)/C=C/CC/C=C/CCCCCCCCCCCC. The molecular formula is C52H93NO18. The van der Waals surface area contributed by atoms with Gasteiger partial charge in [-0.3, -0.25) is 4.79 Å². The number of hydrogen-bond acceptors (Lipinski definition) is 18. The summed E-state index contributed by atoms with van der Waals surface area (Å²) in [6.07, 6.45) is 8.72. The van der Waals surface area contributed by atoms with Crippen LogP contribution in [0.4, 0.5) is 0 Å². The highest BCUT2D eigenvalue weighted by Gasteiger charge is 2.53. The smallest absolute Gasteiger partial charge is 0.220 e. The predicted octanol–water partition coefficient (Wildman–Crippen LogP) is 2.59. The van der Waals surface area contributed by atoms with Crippen molar-refractivity contribution in [2.24, 2.45) is 0 Å². The number of aliphatic hydroxyl groups is 11. The molecule has 12 N–H and O–H groups in total. The number of carbonyl (C=O) groups is 1. The molecule has 0 aliphatic carbocycles. The lowest BCUT2D eigenvalue weighted by atomic mass is 9.96. The van der Waals surface area contributed by atoms with Gasteiger partial charge in [-0.1, -0.05) is 134 Å². The van der Waals surface area contributed by atoms with Gasteiger partial charge in [-0.2, -0.15) is 0 Å². The van der Waals surface area contributed by atoms with Crippen molar-refractivity contribution >= 4 is 5.91 Å². The van der Waals surface area contributed by atoms with Gasteiger partial charge in [0.15, 0.2) is 18.9 Å². The van der Waals surface area contributed by atoms with Crippen molar-refractivity contribution < 1.29 is 89.4 Å². The maximum atomic E-state index is 13.2. The Bertz CT molecular complexity index is 1450. The first-order valence-corrected chi connectivity index (χ1v) is 26.7. The van der Waals surface area contributed by atoms with Crippen LogP contribution in [0.5, 0.6) is 0 Å². The largest absolute Gasteiger partial charge is 0.394 e. The fourth-order valence-electron chi connectivity index (χ4n) is 8.91. The standard InChI is InChI=1S/C52H93NO18/c1-3-5-7-9-11-13-15-16-17-18-19-20-21-23-25-27-29-36(57)35(53-40(58)30-28-26-24-22-14-12-10-8-6-4-2)34-66-50-46(64)43(61)48(38(32-55)68-50)71-52-47(65)44(62)49(39(33-56)69-52)70-51-45(63)42(60)41(59)37(31-54)67-51/h8,10,20-21,27,29,35-39,41-52,54-57,59-65H,3-7,9,11-19,22-26,28,30-34H2,1-2H3,(H,53,58)/b10-8-,21-20+,29-27+. The molecule has 0 aromatic rings. The zero-order valence-electron chi connectivity index (χ0n) is 42.4. The van der Waals surface area contributed by atoms with Crippen molar-refractivity contribution in [3.63, 3.8) is 0 Å². The van der Waals surface area contributed by atoms with Crippen LogP contribution in [0, 0.1) is 0 Å². The number of ether oxygens (including phenoxy) is 6. The van der Waals surface area contributed by atoms with Gasteiger partial charge in [-0.25, -0.2) is 0 Å². The Labute approximate surface area is 421 Å².